The van der Waals surface area contributed by atoms with Crippen molar-refractivity contribution in [3.05, 3.63) is 53.0 Å². The molecule has 0 aromatic heterocycles. The second kappa shape index (κ2) is 12.6. The summed E-state index contributed by atoms with van der Waals surface area (Å²) in [5.41, 5.74) is 1.50. The second-order valence-electron chi connectivity index (χ2n) is 6.90. The molecule has 2 aromatic rings. The number of nitrogens with zero attached hydrogens (tertiary/aromatic N) is 2. The third kappa shape index (κ3) is 7.87. The van der Waals surface area contributed by atoms with Crippen molar-refractivity contribution in [1.29, 1.82) is 5.39 Å². The van der Waals surface area contributed by atoms with Gasteiger partial charge in [-0.25, -0.2) is 0 Å². The van der Waals surface area contributed by atoms with Gasteiger partial charge < -0.3 is 14.2 Å². The van der Waals surface area contributed by atoms with Gasteiger partial charge >= 0.3 is 5.69 Å². The van der Waals surface area contributed by atoms with Gasteiger partial charge in [0.2, 0.25) is 5.39 Å². The van der Waals surface area contributed by atoms with Crippen molar-refractivity contribution >= 4 is 5.69 Å². The fourth-order valence-electron chi connectivity index (χ4n) is 2.97. The maximum absolute atomic E-state index is 8.82. The smallest absolute Gasteiger partial charge is 0.388 e. The van der Waals surface area contributed by atoms with Crippen molar-refractivity contribution in [2.45, 2.75) is 51.9 Å². The van der Waals surface area contributed by atoms with Gasteiger partial charge in [-0.15, -0.1) is 0 Å². The van der Waals surface area contributed by atoms with E-state index in [2.05, 4.69) is 4.98 Å². The highest BCUT2D eigenvalue weighted by Gasteiger charge is 2.09. The van der Waals surface area contributed by atoms with E-state index in [0.29, 0.717) is 5.69 Å². The summed E-state index contributed by atoms with van der Waals surface area (Å²) in [4.78, 5) is 3.22. The monoisotopic (exact) mass is 383 g/mol. The minimum atomic E-state index is 0.585. The van der Waals surface area contributed by atoms with E-state index in [0.717, 1.165) is 48.9 Å². The Kier molecular flexibility index (Phi) is 9.71. The number of benzene rings is 2. The summed E-state index contributed by atoms with van der Waals surface area (Å²) in [6, 6.07) is 13.2. The lowest BCUT2D eigenvalue weighted by Gasteiger charge is -2.07. The predicted molar refractivity (Wildman–Crippen MR) is 112 cm³/mol. The van der Waals surface area contributed by atoms with Gasteiger partial charge in [0.05, 0.1) is 20.3 Å². The molecule has 5 heteroatoms. The molecule has 0 aliphatic carbocycles. The Labute approximate surface area is 168 Å². The van der Waals surface area contributed by atoms with Crippen LogP contribution in [0.25, 0.3) is 4.98 Å². The number of unbranched alkanes of at least 4 members (excludes halogenated alkanes) is 6. The van der Waals surface area contributed by atoms with E-state index in [9.17, 15) is 0 Å². The number of hydrogen-bond acceptors (Lipinski definition) is 4. The Morgan fingerprint density at radius 2 is 1.21 bits per heavy atom. The summed E-state index contributed by atoms with van der Waals surface area (Å²) < 4.78 is 16.6. The Morgan fingerprint density at radius 1 is 0.714 bits per heavy atom. The summed E-state index contributed by atoms with van der Waals surface area (Å²) in [6.07, 6.45) is 8.28. The SMILES string of the molecule is COc1ccc(OCCCCCCCCCOc2ccc([N+]#N)c(C)c2)cc1. The van der Waals surface area contributed by atoms with Gasteiger partial charge in [-0.3, -0.25) is 0 Å². The fraction of sp³-hybridized carbons (Fsp3) is 0.478. The van der Waals surface area contributed by atoms with E-state index in [-0.39, 0.29) is 0 Å². The third-order valence-corrected chi connectivity index (χ3v) is 4.66. The molecule has 0 saturated heterocycles. The zero-order valence-electron chi connectivity index (χ0n) is 17.0. The standard InChI is InChI=1S/C23H31N2O3/c1-19-18-22(14-15-23(19)25-24)28-17-9-7-5-3-4-6-8-16-27-21-12-10-20(26-2)11-13-21/h10-15,18H,3-9,16-17H2,1-2H3/q+1. The van der Waals surface area contributed by atoms with Crippen molar-refractivity contribution in [1.82, 2.24) is 0 Å². The first kappa shape index (κ1) is 21.6. The van der Waals surface area contributed by atoms with Crippen molar-refractivity contribution < 1.29 is 14.2 Å². The van der Waals surface area contributed by atoms with E-state index < -0.39 is 0 Å². The average Bonchev–Trinajstić information content (AvgIpc) is 2.72. The Bertz CT molecular complexity index is 739. The molecule has 0 saturated carbocycles. The predicted octanol–water partition coefficient (Wildman–Crippen LogP) is 6.68. The molecule has 0 aliphatic rings. The van der Waals surface area contributed by atoms with E-state index in [1.807, 2.05) is 43.3 Å². The summed E-state index contributed by atoms with van der Waals surface area (Å²) in [6.45, 7) is 3.40. The molecule has 0 bridgehead atoms. The van der Waals surface area contributed by atoms with Gasteiger partial charge in [-0.1, -0.05) is 32.1 Å². The average molecular weight is 384 g/mol. The number of aryl methyl sites for hydroxylation is 1. The molecule has 2 aromatic carbocycles. The molecule has 0 unspecified atom stereocenters. The lowest BCUT2D eigenvalue weighted by Crippen LogP contribution is -1.98. The Morgan fingerprint density at radius 3 is 1.75 bits per heavy atom. The first-order chi connectivity index (χ1) is 13.7. The number of diazo groups is 1. The zero-order valence-corrected chi connectivity index (χ0v) is 17.0. The normalized spacial score (nSPS) is 10.3. The highest BCUT2D eigenvalue weighted by molar-refractivity contribution is 5.53. The van der Waals surface area contributed by atoms with E-state index in [1.165, 1.54) is 32.1 Å². The first-order valence-corrected chi connectivity index (χ1v) is 10.1. The molecular weight excluding hydrogens is 352 g/mol. The summed E-state index contributed by atoms with van der Waals surface area (Å²) in [7, 11) is 1.66. The maximum atomic E-state index is 8.82. The molecule has 0 spiro atoms. The van der Waals surface area contributed by atoms with Crippen molar-refractivity contribution in [2.24, 2.45) is 0 Å². The fourth-order valence-corrected chi connectivity index (χ4v) is 2.97. The largest absolute Gasteiger partial charge is 0.497 e. The molecule has 2 rings (SSSR count). The Balaban J connectivity index is 1.42. The quantitative estimate of drug-likeness (QED) is 0.286. The van der Waals surface area contributed by atoms with E-state index >= 15 is 0 Å². The molecule has 0 amide bonds. The van der Waals surface area contributed by atoms with Crippen LogP contribution in [0.15, 0.2) is 42.5 Å². The van der Waals surface area contributed by atoms with Crippen LogP contribution in [0.3, 0.4) is 0 Å². The van der Waals surface area contributed by atoms with E-state index in [1.54, 1.807) is 13.2 Å². The molecule has 5 nitrogen and oxygen atoms in total. The van der Waals surface area contributed by atoms with Crippen LogP contribution in [0.5, 0.6) is 17.2 Å². The van der Waals surface area contributed by atoms with Gasteiger partial charge in [0.15, 0.2) is 4.98 Å². The molecular formula is C23H31N2O3+. The minimum absolute atomic E-state index is 0.585. The molecule has 0 atom stereocenters. The third-order valence-electron chi connectivity index (χ3n) is 4.66. The van der Waals surface area contributed by atoms with Gasteiger partial charge in [-0.2, -0.15) is 0 Å². The topological polar surface area (TPSA) is 55.8 Å². The van der Waals surface area contributed by atoms with Crippen molar-refractivity contribution in [3.8, 4) is 17.2 Å². The summed E-state index contributed by atoms with van der Waals surface area (Å²) in [5, 5.41) is 8.82. The lowest BCUT2D eigenvalue weighted by atomic mass is 10.1. The zero-order chi connectivity index (χ0) is 20.0. The highest BCUT2D eigenvalue weighted by Crippen LogP contribution is 2.23. The van der Waals surface area contributed by atoms with Crippen LogP contribution in [0.2, 0.25) is 0 Å². The lowest BCUT2D eigenvalue weighted by molar-refractivity contribution is 0.299. The van der Waals surface area contributed by atoms with Gasteiger partial charge in [-0.05, 0) is 56.2 Å². The minimum Gasteiger partial charge on any atom is -0.497 e. The maximum Gasteiger partial charge on any atom is 0.388 e. The molecule has 150 valence electrons. The van der Waals surface area contributed by atoms with Crippen molar-refractivity contribution in [2.75, 3.05) is 20.3 Å². The van der Waals surface area contributed by atoms with Crippen molar-refractivity contribution in [3.63, 3.8) is 0 Å². The molecule has 0 aliphatic heterocycles. The van der Waals surface area contributed by atoms with Gasteiger partial charge in [0.25, 0.3) is 0 Å². The molecule has 0 radical (unpaired) electrons. The van der Waals surface area contributed by atoms with Gasteiger partial charge in [0, 0.05) is 11.6 Å². The number of ether oxygens (including phenoxy) is 3. The number of hydrogen-bond donors (Lipinski definition) is 0. The number of rotatable bonds is 13. The van der Waals surface area contributed by atoms with Crippen LogP contribution in [-0.2, 0) is 0 Å². The van der Waals surface area contributed by atoms with Crippen LogP contribution in [0.1, 0.15) is 50.5 Å². The highest BCUT2D eigenvalue weighted by atomic mass is 16.5. The van der Waals surface area contributed by atoms with E-state index in [4.69, 9.17) is 19.6 Å². The molecule has 28 heavy (non-hydrogen) atoms. The van der Waals surface area contributed by atoms with Crippen LogP contribution in [0.4, 0.5) is 5.69 Å². The van der Waals surface area contributed by atoms with Crippen LogP contribution < -0.4 is 14.2 Å². The molecule has 0 N–H and O–H groups in total. The van der Waals surface area contributed by atoms with Crippen LogP contribution >= 0.6 is 0 Å². The summed E-state index contributed by atoms with van der Waals surface area (Å²) in [5.74, 6) is 2.58. The first-order valence-electron chi connectivity index (χ1n) is 10.1. The second-order valence-corrected chi connectivity index (χ2v) is 6.90. The van der Waals surface area contributed by atoms with Crippen LogP contribution in [-0.4, -0.2) is 20.3 Å². The van der Waals surface area contributed by atoms with Crippen LogP contribution in [0, 0.1) is 12.3 Å². The Hall–Kier alpha value is -2.74. The summed E-state index contributed by atoms with van der Waals surface area (Å²) >= 11 is 0. The number of methoxy groups -OCH3 is 1. The van der Waals surface area contributed by atoms with Gasteiger partial charge in [0.1, 0.15) is 17.2 Å². The molecule has 0 fully saturated rings. The molecule has 0 heterocycles.